The van der Waals surface area contributed by atoms with Gasteiger partial charge in [0.2, 0.25) is 10.1 Å². The Labute approximate surface area is 114 Å². The molecule has 1 atom stereocenters. The Morgan fingerprint density at radius 1 is 1.16 bits per heavy atom. The van der Waals surface area contributed by atoms with E-state index in [0.717, 1.165) is 17.2 Å². The van der Waals surface area contributed by atoms with Crippen LogP contribution in [0, 0.1) is 5.92 Å². The first-order valence-corrected chi connectivity index (χ1v) is 7.82. The molecule has 4 heteroatoms. The number of hydrogen-bond acceptors (Lipinski definition) is 2. The highest BCUT2D eigenvalue weighted by molar-refractivity contribution is 7.88. The molecular weight excluding hydrogens is 261 g/mol. The topological polar surface area (TPSA) is 29.4 Å². The third kappa shape index (κ3) is 3.53. The van der Waals surface area contributed by atoms with E-state index in [2.05, 4.69) is 4.36 Å². The summed E-state index contributed by atoms with van der Waals surface area (Å²) in [5.74, 6) is 0.426. The van der Waals surface area contributed by atoms with Gasteiger partial charge in [0.05, 0.1) is 11.4 Å². The highest BCUT2D eigenvalue weighted by Crippen LogP contribution is 2.22. The third-order valence-electron chi connectivity index (χ3n) is 2.98. The average Bonchev–Trinajstić information content (AvgIpc) is 2.37. The van der Waals surface area contributed by atoms with Crippen molar-refractivity contribution in [2.45, 2.75) is 25.2 Å². The van der Waals surface area contributed by atoms with E-state index < -0.39 is 10.1 Å². The molecule has 2 nitrogen and oxygen atoms in total. The normalized spacial score (nSPS) is 14.5. The van der Waals surface area contributed by atoms with Crippen molar-refractivity contribution in [1.29, 1.82) is 0 Å². The van der Waals surface area contributed by atoms with Gasteiger partial charge in [-0.2, -0.15) is 0 Å². The predicted octanol–water partition coefficient (Wildman–Crippen LogP) is 4.60. The number of halogens is 1. The van der Waals surface area contributed by atoms with Gasteiger partial charge in [0, 0.05) is 0 Å². The lowest BCUT2D eigenvalue weighted by Gasteiger charge is -2.04. The van der Waals surface area contributed by atoms with Crippen molar-refractivity contribution in [1.82, 2.24) is 0 Å². The Bertz CT molecular complexity index is 687. The van der Waals surface area contributed by atoms with E-state index in [9.17, 15) is 8.09 Å². The molecule has 0 N–H and O–H groups in total. The van der Waals surface area contributed by atoms with Crippen molar-refractivity contribution in [3.05, 3.63) is 42.5 Å². The minimum Gasteiger partial charge on any atom is -0.211 e. The maximum absolute atomic E-state index is 14.2. The van der Waals surface area contributed by atoms with Gasteiger partial charge in [0.1, 0.15) is 0 Å². The van der Waals surface area contributed by atoms with Crippen molar-refractivity contribution in [2.24, 2.45) is 10.3 Å². The van der Waals surface area contributed by atoms with Crippen LogP contribution in [0.3, 0.4) is 0 Å². The lowest BCUT2D eigenvalue weighted by Crippen LogP contribution is -1.97. The second-order valence-electron chi connectivity index (χ2n) is 5.00. The Kier molecular flexibility index (Phi) is 4.20. The molecule has 0 aliphatic rings. The van der Waals surface area contributed by atoms with Crippen LogP contribution in [-0.2, 0) is 10.1 Å². The maximum atomic E-state index is 14.2. The van der Waals surface area contributed by atoms with Gasteiger partial charge in [-0.15, -0.1) is 3.89 Å². The highest BCUT2D eigenvalue weighted by Gasteiger charge is 2.11. The van der Waals surface area contributed by atoms with E-state index in [0.29, 0.717) is 12.5 Å². The molecule has 0 bridgehead atoms. The van der Waals surface area contributed by atoms with Gasteiger partial charge < -0.3 is 0 Å². The SMILES string of the molecule is CC(C)CCN=[S@](=O)(F)c1ccc2ccccc2c1. The molecule has 0 fully saturated rings. The third-order valence-corrected chi connectivity index (χ3v) is 4.33. The first-order valence-electron chi connectivity index (χ1n) is 6.40. The monoisotopic (exact) mass is 279 g/mol. The molecule has 0 unspecified atom stereocenters. The second kappa shape index (κ2) is 5.70. The standard InChI is InChI=1S/C15H18FNOS/c1-12(2)9-10-17-19(16,18)15-8-7-13-5-3-4-6-14(13)11-15/h3-8,11-12H,9-10H2,1-2H3/t19-/m1/s1. The van der Waals surface area contributed by atoms with Crippen LogP contribution in [0.5, 0.6) is 0 Å². The van der Waals surface area contributed by atoms with Crippen molar-refractivity contribution >= 4 is 20.9 Å². The van der Waals surface area contributed by atoms with Gasteiger partial charge in [0.15, 0.2) is 0 Å². The van der Waals surface area contributed by atoms with Crippen LogP contribution in [0.4, 0.5) is 3.89 Å². The fourth-order valence-electron chi connectivity index (χ4n) is 1.83. The second-order valence-corrected chi connectivity index (χ2v) is 6.65. The minimum absolute atomic E-state index is 0.162. The molecule has 0 radical (unpaired) electrons. The van der Waals surface area contributed by atoms with Crippen LogP contribution in [-0.4, -0.2) is 10.8 Å². The summed E-state index contributed by atoms with van der Waals surface area (Å²) in [4.78, 5) is 0.162. The summed E-state index contributed by atoms with van der Waals surface area (Å²) in [6.07, 6.45) is 0.745. The summed E-state index contributed by atoms with van der Waals surface area (Å²) >= 11 is 0. The molecule has 0 spiro atoms. The number of rotatable bonds is 4. The molecule has 0 amide bonds. The molecule has 0 aliphatic carbocycles. The largest absolute Gasteiger partial charge is 0.230 e. The summed E-state index contributed by atoms with van der Waals surface area (Å²) in [6, 6.07) is 12.6. The Morgan fingerprint density at radius 2 is 1.84 bits per heavy atom. The fraction of sp³-hybridized carbons (Fsp3) is 0.333. The first-order chi connectivity index (χ1) is 8.99. The molecule has 0 heterocycles. The Morgan fingerprint density at radius 3 is 2.53 bits per heavy atom. The molecule has 0 aliphatic heterocycles. The Hall–Kier alpha value is -1.42. The van der Waals surface area contributed by atoms with E-state index >= 15 is 0 Å². The molecule has 2 aromatic rings. The van der Waals surface area contributed by atoms with Crippen LogP contribution >= 0.6 is 0 Å². The number of hydrogen-bond donors (Lipinski definition) is 0. The number of nitrogens with zero attached hydrogens (tertiary/aromatic N) is 1. The molecule has 2 aromatic carbocycles. The molecule has 0 aromatic heterocycles. The van der Waals surface area contributed by atoms with Gasteiger partial charge in [0.25, 0.3) is 0 Å². The first kappa shape index (κ1) is 14.0. The van der Waals surface area contributed by atoms with Crippen molar-refractivity contribution in [3.63, 3.8) is 0 Å². The van der Waals surface area contributed by atoms with E-state index in [1.54, 1.807) is 18.2 Å². The molecular formula is C15H18FNOS. The number of fused-ring (bicyclic) bond motifs is 1. The van der Waals surface area contributed by atoms with Crippen LogP contribution in [0.2, 0.25) is 0 Å². The quantitative estimate of drug-likeness (QED) is 0.752. The van der Waals surface area contributed by atoms with Crippen LogP contribution < -0.4 is 0 Å². The molecule has 102 valence electrons. The molecule has 19 heavy (non-hydrogen) atoms. The van der Waals surface area contributed by atoms with Gasteiger partial charge in [-0.25, -0.2) is 8.57 Å². The van der Waals surface area contributed by atoms with E-state index in [1.807, 2.05) is 38.1 Å². The van der Waals surface area contributed by atoms with Crippen molar-refractivity contribution in [2.75, 3.05) is 6.54 Å². The Balaban J connectivity index is 2.34. The molecule has 0 saturated carbocycles. The summed E-state index contributed by atoms with van der Waals surface area (Å²) in [7, 11) is -3.77. The summed E-state index contributed by atoms with van der Waals surface area (Å²) in [6.45, 7) is 4.36. The fourth-order valence-corrected chi connectivity index (χ4v) is 2.82. The van der Waals surface area contributed by atoms with Gasteiger partial charge in [-0.3, -0.25) is 0 Å². The smallest absolute Gasteiger partial charge is 0.211 e. The zero-order valence-corrected chi connectivity index (χ0v) is 12.0. The zero-order chi connectivity index (χ0) is 13.9. The van der Waals surface area contributed by atoms with Crippen LogP contribution in [0.15, 0.2) is 51.7 Å². The van der Waals surface area contributed by atoms with Crippen molar-refractivity contribution in [3.8, 4) is 0 Å². The number of benzene rings is 2. The lowest BCUT2D eigenvalue weighted by molar-refractivity contribution is 0.590. The van der Waals surface area contributed by atoms with E-state index in [4.69, 9.17) is 0 Å². The summed E-state index contributed by atoms with van der Waals surface area (Å²) in [5.41, 5.74) is 0. The van der Waals surface area contributed by atoms with Crippen LogP contribution in [0.25, 0.3) is 10.8 Å². The van der Waals surface area contributed by atoms with Crippen molar-refractivity contribution < 1.29 is 8.09 Å². The minimum atomic E-state index is -3.77. The predicted molar refractivity (Wildman–Crippen MR) is 78.2 cm³/mol. The van der Waals surface area contributed by atoms with E-state index in [1.165, 1.54) is 0 Å². The maximum Gasteiger partial charge on any atom is 0.230 e. The van der Waals surface area contributed by atoms with Gasteiger partial charge >= 0.3 is 0 Å². The molecule has 0 saturated heterocycles. The van der Waals surface area contributed by atoms with E-state index in [-0.39, 0.29) is 4.90 Å². The van der Waals surface area contributed by atoms with Gasteiger partial charge in [-0.1, -0.05) is 44.2 Å². The van der Waals surface area contributed by atoms with Crippen LogP contribution in [0.1, 0.15) is 20.3 Å². The highest BCUT2D eigenvalue weighted by atomic mass is 32.3. The molecule has 2 rings (SSSR count). The summed E-state index contributed by atoms with van der Waals surface area (Å²) < 4.78 is 29.9. The van der Waals surface area contributed by atoms with Gasteiger partial charge in [-0.05, 0) is 35.2 Å². The zero-order valence-electron chi connectivity index (χ0n) is 11.2. The lowest BCUT2D eigenvalue weighted by atomic mass is 10.1. The average molecular weight is 279 g/mol. The summed E-state index contributed by atoms with van der Waals surface area (Å²) in [5, 5.41) is 1.88.